The Kier molecular flexibility index (Phi) is 2.10. The summed E-state index contributed by atoms with van der Waals surface area (Å²) >= 11 is 0. The highest BCUT2D eigenvalue weighted by molar-refractivity contribution is 5.83. The molecule has 1 aromatic rings. The number of hydrogen-bond acceptors (Lipinski definition) is 4. The van der Waals surface area contributed by atoms with Crippen LogP contribution in [0.15, 0.2) is 30.9 Å². The van der Waals surface area contributed by atoms with Gasteiger partial charge in [0.1, 0.15) is 5.75 Å². The molecule has 0 saturated heterocycles. The summed E-state index contributed by atoms with van der Waals surface area (Å²) in [5, 5.41) is 0. The van der Waals surface area contributed by atoms with Crippen LogP contribution < -0.4 is 14.2 Å². The van der Waals surface area contributed by atoms with E-state index in [-0.39, 0.29) is 6.79 Å². The van der Waals surface area contributed by atoms with Gasteiger partial charge in [0, 0.05) is 12.1 Å². The predicted octanol–water partition coefficient (Wildman–Crippen LogP) is 1.51. The lowest BCUT2D eigenvalue weighted by atomic mass is 10.3. The summed E-state index contributed by atoms with van der Waals surface area (Å²) in [4.78, 5) is 10.9. The van der Waals surface area contributed by atoms with Crippen LogP contribution in [0.2, 0.25) is 0 Å². The number of benzene rings is 1. The fourth-order valence-corrected chi connectivity index (χ4v) is 1.10. The van der Waals surface area contributed by atoms with Crippen molar-refractivity contribution in [1.82, 2.24) is 0 Å². The van der Waals surface area contributed by atoms with Crippen molar-refractivity contribution in [1.29, 1.82) is 0 Å². The van der Waals surface area contributed by atoms with Gasteiger partial charge in [-0.1, -0.05) is 6.58 Å². The Labute approximate surface area is 80.7 Å². The van der Waals surface area contributed by atoms with Crippen LogP contribution >= 0.6 is 0 Å². The molecule has 0 radical (unpaired) electrons. The third-order valence-corrected chi connectivity index (χ3v) is 1.73. The molecule has 1 aromatic carbocycles. The molecule has 4 heteroatoms. The molecule has 4 nitrogen and oxygen atoms in total. The smallest absolute Gasteiger partial charge is 0.335 e. The first-order valence-corrected chi connectivity index (χ1v) is 4.03. The van der Waals surface area contributed by atoms with Gasteiger partial charge in [-0.3, -0.25) is 0 Å². The molecule has 0 N–H and O–H groups in total. The van der Waals surface area contributed by atoms with Crippen LogP contribution in [0.5, 0.6) is 17.2 Å². The molecule has 0 bridgehead atoms. The fraction of sp³-hybridized carbons (Fsp3) is 0.100. The van der Waals surface area contributed by atoms with Crippen molar-refractivity contribution in [2.45, 2.75) is 0 Å². The second-order valence-corrected chi connectivity index (χ2v) is 2.64. The summed E-state index contributed by atoms with van der Waals surface area (Å²) in [7, 11) is 0. The van der Waals surface area contributed by atoms with Crippen molar-refractivity contribution in [3.05, 3.63) is 30.9 Å². The lowest BCUT2D eigenvalue weighted by Gasteiger charge is -2.01. The van der Waals surface area contributed by atoms with E-state index in [0.29, 0.717) is 17.2 Å². The molecule has 0 aromatic heterocycles. The Hall–Kier alpha value is -1.97. The van der Waals surface area contributed by atoms with Crippen LogP contribution in [-0.4, -0.2) is 12.8 Å². The molecule has 0 atom stereocenters. The van der Waals surface area contributed by atoms with Gasteiger partial charge in [0.05, 0.1) is 0 Å². The maximum Gasteiger partial charge on any atom is 0.335 e. The highest BCUT2D eigenvalue weighted by Crippen LogP contribution is 2.35. The summed E-state index contributed by atoms with van der Waals surface area (Å²) in [6, 6.07) is 4.92. The minimum absolute atomic E-state index is 0.203. The van der Waals surface area contributed by atoms with Crippen molar-refractivity contribution in [2.75, 3.05) is 6.79 Å². The summed E-state index contributed by atoms with van der Waals surface area (Å²) in [5.74, 6) is 1.16. The predicted molar refractivity (Wildman–Crippen MR) is 48.4 cm³/mol. The van der Waals surface area contributed by atoms with Crippen LogP contribution in [0.25, 0.3) is 0 Å². The van der Waals surface area contributed by atoms with E-state index >= 15 is 0 Å². The highest BCUT2D eigenvalue weighted by atomic mass is 16.7. The van der Waals surface area contributed by atoms with Gasteiger partial charge in [-0.25, -0.2) is 4.79 Å². The third kappa shape index (κ3) is 1.54. The molecule has 0 fully saturated rings. The molecule has 0 unspecified atom stereocenters. The molecule has 1 aliphatic heterocycles. The van der Waals surface area contributed by atoms with Crippen molar-refractivity contribution in [3.63, 3.8) is 0 Å². The van der Waals surface area contributed by atoms with Crippen molar-refractivity contribution in [2.24, 2.45) is 0 Å². The Bertz CT molecular complexity index is 384. The molecule has 0 aliphatic carbocycles. The number of hydrogen-bond donors (Lipinski definition) is 0. The molecule has 14 heavy (non-hydrogen) atoms. The van der Waals surface area contributed by atoms with Gasteiger partial charge in [0.25, 0.3) is 0 Å². The lowest BCUT2D eigenvalue weighted by molar-refractivity contribution is -0.128. The van der Waals surface area contributed by atoms with E-state index in [2.05, 4.69) is 6.58 Å². The zero-order valence-electron chi connectivity index (χ0n) is 7.36. The zero-order valence-corrected chi connectivity index (χ0v) is 7.36. The minimum Gasteiger partial charge on any atom is -0.454 e. The van der Waals surface area contributed by atoms with E-state index in [1.165, 1.54) is 0 Å². The number of rotatable bonds is 2. The molecule has 0 spiro atoms. The lowest BCUT2D eigenvalue weighted by Crippen LogP contribution is -2.02. The fourth-order valence-electron chi connectivity index (χ4n) is 1.10. The van der Waals surface area contributed by atoms with Gasteiger partial charge in [0.15, 0.2) is 11.5 Å². The van der Waals surface area contributed by atoms with Gasteiger partial charge in [0.2, 0.25) is 6.79 Å². The Balaban J connectivity index is 2.20. The van der Waals surface area contributed by atoms with Crippen LogP contribution in [0, 0.1) is 0 Å². The van der Waals surface area contributed by atoms with Gasteiger partial charge in [-0.15, -0.1) is 0 Å². The topological polar surface area (TPSA) is 44.8 Å². The van der Waals surface area contributed by atoms with Gasteiger partial charge in [-0.2, -0.15) is 0 Å². The van der Waals surface area contributed by atoms with E-state index < -0.39 is 5.97 Å². The summed E-state index contributed by atoms with van der Waals surface area (Å²) in [5.41, 5.74) is 0. The van der Waals surface area contributed by atoms with Crippen LogP contribution in [0.4, 0.5) is 0 Å². The molecule has 72 valence electrons. The standard InChI is InChI=1S/C10H8O4/c1-2-10(11)14-7-3-4-8-9(5-7)13-6-12-8/h2-5H,1,6H2. The van der Waals surface area contributed by atoms with Crippen molar-refractivity contribution < 1.29 is 19.0 Å². The van der Waals surface area contributed by atoms with Crippen LogP contribution in [-0.2, 0) is 4.79 Å². The van der Waals surface area contributed by atoms with E-state index in [9.17, 15) is 4.79 Å². The van der Waals surface area contributed by atoms with E-state index in [0.717, 1.165) is 6.08 Å². The zero-order chi connectivity index (χ0) is 9.97. The molecule has 2 rings (SSSR count). The largest absolute Gasteiger partial charge is 0.454 e. The first-order valence-electron chi connectivity index (χ1n) is 4.03. The van der Waals surface area contributed by atoms with Crippen molar-refractivity contribution >= 4 is 5.97 Å². The SMILES string of the molecule is C=CC(=O)Oc1ccc2c(c1)OCO2. The first kappa shape index (κ1) is 8.62. The van der Waals surface area contributed by atoms with Crippen LogP contribution in [0.1, 0.15) is 0 Å². The number of ether oxygens (including phenoxy) is 3. The number of fused-ring (bicyclic) bond motifs is 1. The summed E-state index contributed by atoms with van der Waals surface area (Å²) in [6.45, 7) is 3.50. The Morgan fingerprint density at radius 2 is 2.21 bits per heavy atom. The van der Waals surface area contributed by atoms with Gasteiger partial charge >= 0.3 is 5.97 Å². The number of carbonyl (C=O) groups is 1. The Morgan fingerprint density at radius 3 is 3.00 bits per heavy atom. The average Bonchev–Trinajstić information content (AvgIpc) is 2.64. The Morgan fingerprint density at radius 1 is 1.43 bits per heavy atom. The van der Waals surface area contributed by atoms with Gasteiger partial charge < -0.3 is 14.2 Å². The number of carbonyl (C=O) groups excluding carboxylic acids is 1. The molecule has 1 aliphatic rings. The third-order valence-electron chi connectivity index (χ3n) is 1.73. The van der Waals surface area contributed by atoms with E-state index in [4.69, 9.17) is 14.2 Å². The molecular weight excluding hydrogens is 184 g/mol. The second kappa shape index (κ2) is 3.41. The van der Waals surface area contributed by atoms with Crippen LogP contribution in [0.3, 0.4) is 0 Å². The molecule has 1 heterocycles. The summed E-state index contributed by atoms with van der Waals surface area (Å²) < 4.78 is 15.1. The van der Waals surface area contributed by atoms with E-state index in [1.54, 1.807) is 18.2 Å². The normalized spacial score (nSPS) is 12.3. The second-order valence-electron chi connectivity index (χ2n) is 2.64. The van der Waals surface area contributed by atoms with Crippen molar-refractivity contribution in [3.8, 4) is 17.2 Å². The minimum atomic E-state index is -0.496. The molecular formula is C10H8O4. The highest BCUT2D eigenvalue weighted by Gasteiger charge is 2.14. The monoisotopic (exact) mass is 192 g/mol. The summed E-state index contributed by atoms with van der Waals surface area (Å²) in [6.07, 6.45) is 1.10. The maximum atomic E-state index is 10.9. The maximum absolute atomic E-state index is 10.9. The molecule has 0 saturated carbocycles. The molecule has 0 amide bonds. The first-order chi connectivity index (χ1) is 6.79. The average molecular weight is 192 g/mol. The quantitative estimate of drug-likeness (QED) is 0.404. The van der Waals surface area contributed by atoms with E-state index in [1.807, 2.05) is 0 Å². The van der Waals surface area contributed by atoms with Gasteiger partial charge in [-0.05, 0) is 12.1 Å². The number of esters is 1.